The predicted molar refractivity (Wildman–Crippen MR) is 50.3 cm³/mol. The maximum atomic E-state index is 10.9. The molecule has 0 radical (unpaired) electrons. The van der Waals surface area contributed by atoms with Crippen LogP contribution in [0, 0.1) is 0 Å². The molecule has 3 heteroatoms. The molecule has 64 valence electrons. The van der Waals surface area contributed by atoms with Crippen LogP contribution in [0.15, 0.2) is 29.4 Å². The summed E-state index contributed by atoms with van der Waals surface area (Å²) in [5, 5.41) is 0. The standard InChI is InChI=1S/C9H11NOS/c1-2-8(11)7-12-9-3-5-10-6-4-9/h3-6H,2,7H2,1H3. The molecule has 1 aromatic rings. The number of aromatic nitrogens is 1. The van der Waals surface area contributed by atoms with Gasteiger partial charge >= 0.3 is 0 Å². The van der Waals surface area contributed by atoms with Crippen molar-refractivity contribution in [1.29, 1.82) is 0 Å². The van der Waals surface area contributed by atoms with Crippen molar-refractivity contribution in [2.45, 2.75) is 18.2 Å². The van der Waals surface area contributed by atoms with Gasteiger partial charge in [0, 0.05) is 23.7 Å². The third-order valence-corrected chi connectivity index (χ3v) is 2.52. The number of carbonyl (C=O) groups is 1. The molecule has 0 unspecified atom stereocenters. The predicted octanol–water partition coefficient (Wildman–Crippen LogP) is 2.15. The van der Waals surface area contributed by atoms with Gasteiger partial charge in [0.05, 0.1) is 5.75 Å². The highest BCUT2D eigenvalue weighted by Gasteiger charge is 1.98. The van der Waals surface area contributed by atoms with Crippen LogP contribution in [0.4, 0.5) is 0 Å². The lowest BCUT2D eigenvalue weighted by Crippen LogP contribution is -1.97. The van der Waals surface area contributed by atoms with E-state index in [0.717, 1.165) is 4.90 Å². The smallest absolute Gasteiger partial charge is 0.142 e. The van der Waals surface area contributed by atoms with E-state index in [2.05, 4.69) is 4.98 Å². The van der Waals surface area contributed by atoms with Crippen molar-refractivity contribution in [3.05, 3.63) is 24.5 Å². The van der Waals surface area contributed by atoms with Gasteiger partial charge in [0.1, 0.15) is 5.78 Å². The van der Waals surface area contributed by atoms with Gasteiger partial charge in [-0.05, 0) is 12.1 Å². The topological polar surface area (TPSA) is 30.0 Å². The number of hydrogen-bond acceptors (Lipinski definition) is 3. The number of pyridine rings is 1. The molecule has 0 N–H and O–H groups in total. The minimum Gasteiger partial charge on any atom is -0.299 e. The molecule has 0 aliphatic heterocycles. The number of ketones is 1. The highest BCUT2D eigenvalue weighted by Crippen LogP contribution is 2.16. The molecule has 0 bridgehead atoms. The minimum absolute atomic E-state index is 0.289. The van der Waals surface area contributed by atoms with Crippen molar-refractivity contribution >= 4 is 17.5 Å². The number of carbonyl (C=O) groups excluding carboxylic acids is 1. The van der Waals surface area contributed by atoms with Crippen molar-refractivity contribution in [3.63, 3.8) is 0 Å². The van der Waals surface area contributed by atoms with E-state index in [-0.39, 0.29) is 5.78 Å². The first-order valence-corrected chi connectivity index (χ1v) is 4.86. The summed E-state index contributed by atoms with van der Waals surface area (Å²) in [6, 6.07) is 3.82. The zero-order valence-electron chi connectivity index (χ0n) is 6.99. The quantitative estimate of drug-likeness (QED) is 0.667. The fraction of sp³-hybridized carbons (Fsp3) is 0.333. The van der Waals surface area contributed by atoms with Crippen LogP contribution in [-0.2, 0) is 4.79 Å². The van der Waals surface area contributed by atoms with E-state index < -0.39 is 0 Å². The molecule has 12 heavy (non-hydrogen) atoms. The van der Waals surface area contributed by atoms with Crippen molar-refractivity contribution in [2.75, 3.05) is 5.75 Å². The second-order valence-electron chi connectivity index (χ2n) is 2.36. The zero-order valence-corrected chi connectivity index (χ0v) is 7.80. The van der Waals surface area contributed by atoms with Gasteiger partial charge in [-0.1, -0.05) is 6.92 Å². The molecule has 1 rings (SSSR count). The molecule has 1 aromatic heterocycles. The lowest BCUT2D eigenvalue weighted by Gasteiger charge is -1.97. The van der Waals surface area contributed by atoms with Crippen molar-refractivity contribution in [2.24, 2.45) is 0 Å². The van der Waals surface area contributed by atoms with E-state index in [1.165, 1.54) is 0 Å². The average Bonchev–Trinajstić information content (AvgIpc) is 2.16. The first kappa shape index (κ1) is 9.26. The van der Waals surface area contributed by atoms with Crippen LogP contribution in [0.2, 0.25) is 0 Å². The second-order valence-corrected chi connectivity index (χ2v) is 3.41. The Morgan fingerprint density at radius 3 is 2.75 bits per heavy atom. The summed E-state index contributed by atoms with van der Waals surface area (Å²) in [4.78, 5) is 15.9. The van der Waals surface area contributed by atoms with Gasteiger partial charge in [-0.15, -0.1) is 11.8 Å². The Morgan fingerprint density at radius 1 is 1.50 bits per heavy atom. The van der Waals surface area contributed by atoms with Gasteiger partial charge in [0.2, 0.25) is 0 Å². The summed E-state index contributed by atoms with van der Waals surface area (Å²) < 4.78 is 0. The van der Waals surface area contributed by atoms with Crippen molar-refractivity contribution in [3.8, 4) is 0 Å². The molecule has 2 nitrogen and oxygen atoms in total. The Morgan fingerprint density at radius 2 is 2.17 bits per heavy atom. The number of rotatable bonds is 4. The van der Waals surface area contributed by atoms with Crippen LogP contribution in [0.1, 0.15) is 13.3 Å². The molecule has 0 amide bonds. The van der Waals surface area contributed by atoms with Crippen molar-refractivity contribution in [1.82, 2.24) is 4.98 Å². The maximum absolute atomic E-state index is 10.9. The Balaban J connectivity index is 2.38. The van der Waals surface area contributed by atoms with E-state index in [1.807, 2.05) is 19.1 Å². The van der Waals surface area contributed by atoms with Crippen LogP contribution in [0.5, 0.6) is 0 Å². The number of hydrogen-bond donors (Lipinski definition) is 0. The van der Waals surface area contributed by atoms with E-state index >= 15 is 0 Å². The lowest BCUT2D eigenvalue weighted by molar-refractivity contribution is -0.116. The summed E-state index contributed by atoms with van der Waals surface area (Å²) in [6.45, 7) is 1.88. The molecule has 0 saturated carbocycles. The van der Waals surface area contributed by atoms with Gasteiger partial charge in [-0.3, -0.25) is 9.78 Å². The number of thioether (sulfide) groups is 1. The highest BCUT2D eigenvalue weighted by atomic mass is 32.2. The summed E-state index contributed by atoms with van der Waals surface area (Å²) >= 11 is 1.56. The van der Waals surface area contributed by atoms with Crippen LogP contribution < -0.4 is 0 Å². The highest BCUT2D eigenvalue weighted by molar-refractivity contribution is 8.00. The average molecular weight is 181 g/mol. The molecule has 0 aliphatic carbocycles. The monoisotopic (exact) mass is 181 g/mol. The zero-order chi connectivity index (χ0) is 8.81. The fourth-order valence-electron chi connectivity index (χ4n) is 0.700. The van der Waals surface area contributed by atoms with Crippen LogP contribution in [0.3, 0.4) is 0 Å². The Bertz CT molecular complexity index is 248. The van der Waals surface area contributed by atoms with Gasteiger partial charge in [-0.2, -0.15) is 0 Å². The molecule has 0 aliphatic rings. The minimum atomic E-state index is 0.289. The second kappa shape index (κ2) is 4.93. The van der Waals surface area contributed by atoms with Crippen molar-refractivity contribution < 1.29 is 4.79 Å². The van der Waals surface area contributed by atoms with E-state index in [9.17, 15) is 4.79 Å². The summed E-state index contributed by atoms with van der Waals surface area (Å²) in [5.41, 5.74) is 0. The van der Waals surface area contributed by atoms with Crippen LogP contribution in [-0.4, -0.2) is 16.5 Å². The molecule has 0 aromatic carbocycles. The van der Waals surface area contributed by atoms with Crippen LogP contribution >= 0.6 is 11.8 Å². The summed E-state index contributed by atoms with van der Waals surface area (Å²) in [5.74, 6) is 0.859. The van der Waals surface area contributed by atoms with Gasteiger partial charge in [-0.25, -0.2) is 0 Å². The number of nitrogens with zero attached hydrogens (tertiary/aromatic N) is 1. The molecule has 0 saturated heterocycles. The largest absolute Gasteiger partial charge is 0.299 e. The van der Waals surface area contributed by atoms with Crippen LogP contribution in [0.25, 0.3) is 0 Å². The van der Waals surface area contributed by atoms with E-state index in [0.29, 0.717) is 12.2 Å². The Hall–Kier alpha value is -0.830. The molecule has 1 heterocycles. The molecule has 0 spiro atoms. The van der Waals surface area contributed by atoms with Gasteiger partial charge < -0.3 is 0 Å². The normalized spacial score (nSPS) is 9.75. The van der Waals surface area contributed by atoms with Gasteiger partial charge in [0.25, 0.3) is 0 Å². The maximum Gasteiger partial charge on any atom is 0.142 e. The third kappa shape index (κ3) is 3.05. The first-order valence-electron chi connectivity index (χ1n) is 3.87. The summed E-state index contributed by atoms with van der Waals surface area (Å²) in [6.07, 6.45) is 4.09. The van der Waals surface area contributed by atoms with E-state index in [4.69, 9.17) is 0 Å². The Labute approximate surface area is 76.4 Å². The SMILES string of the molecule is CCC(=O)CSc1ccncc1. The summed E-state index contributed by atoms with van der Waals surface area (Å²) in [7, 11) is 0. The third-order valence-electron chi connectivity index (χ3n) is 1.44. The molecule has 0 fully saturated rings. The van der Waals surface area contributed by atoms with Gasteiger partial charge in [0.15, 0.2) is 0 Å². The fourth-order valence-corrected chi connectivity index (χ4v) is 1.55. The molecular formula is C9H11NOS. The first-order chi connectivity index (χ1) is 5.83. The molecule has 0 atom stereocenters. The number of Topliss-reactive ketones (excluding diaryl/α,β-unsaturated/α-hetero) is 1. The molecular weight excluding hydrogens is 170 g/mol. The van der Waals surface area contributed by atoms with E-state index in [1.54, 1.807) is 24.2 Å². The Kier molecular flexibility index (Phi) is 3.80. The lowest BCUT2D eigenvalue weighted by atomic mass is 10.4.